The average molecular weight is 495 g/mol. The summed E-state index contributed by atoms with van der Waals surface area (Å²) >= 11 is 0. The Balaban J connectivity index is 3.31. The van der Waals surface area contributed by atoms with Crippen LogP contribution in [0.1, 0.15) is 20.3 Å². The molecule has 0 bridgehead atoms. The summed E-state index contributed by atoms with van der Waals surface area (Å²) in [7, 11) is -9.85. The molecule has 0 aromatic heterocycles. The highest BCUT2D eigenvalue weighted by Gasteiger charge is 2.41. The van der Waals surface area contributed by atoms with E-state index in [0.29, 0.717) is 13.5 Å². The highest BCUT2D eigenvalue weighted by molar-refractivity contribution is 8.06. The van der Waals surface area contributed by atoms with Crippen LogP contribution in [0.2, 0.25) is 0 Å². The van der Waals surface area contributed by atoms with Crippen LogP contribution in [0.3, 0.4) is 0 Å². The van der Waals surface area contributed by atoms with E-state index >= 15 is 0 Å². The van der Waals surface area contributed by atoms with Crippen LogP contribution in [0.4, 0.5) is 26.3 Å². The van der Waals surface area contributed by atoms with Crippen molar-refractivity contribution in [1.29, 1.82) is 0 Å². The molecule has 1 aliphatic carbocycles. The molecular formula is C16H19F6N3O4S2. The molecule has 31 heavy (non-hydrogen) atoms. The topological polar surface area (TPSA) is 105 Å². The van der Waals surface area contributed by atoms with Gasteiger partial charge in [-0.05, 0) is 37.5 Å². The minimum atomic E-state index is -5.60. The Labute approximate surface area is 175 Å². The van der Waals surface area contributed by atoms with Crippen LogP contribution in [0, 0.1) is 5.92 Å². The fourth-order valence-corrected chi connectivity index (χ4v) is 4.82. The Bertz CT molecular complexity index is 1050. The van der Waals surface area contributed by atoms with E-state index in [-0.39, 0.29) is 5.92 Å². The van der Waals surface area contributed by atoms with Crippen molar-refractivity contribution < 1.29 is 43.2 Å². The van der Waals surface area contributed by atoms with Crippen molar-refractivity contribution in [3.05, 3.63) is 46.6 Å². The van der Waals surface area contributed by atoms with E-state index in [1.54, 1.807) is 6.92 Å². The van der Waals surface area contributed by atoms with Gasteiger partial charge in [-0.15, -0.1) is 0 Å². The summed E-state index contributed by atoms with van der Waals surface area (Å²) in [5.74, 6) is 0.0673. The van der Waals surface area contributed by atoms with E-state index in [0.717, 1.165) is 26.6 Å². The van der Waals surface area contributed by atoms with Gasteiger partial charge in [0.05, 0.1) is 4.91 Å². The summed E-state index contributed by atoms with van der Waals surface area (Å²) in [4.78, 5) is 2.06. The zero-order chi connectivity index (χ0) is 24.3. The lowest BCUT2D eigenvalue weighted by molar-refractivity contribution is -0.0947. The first kappa shape index (κ1) is 26.9. The van der Waals surface area contributed by atoms with E-state index in [4.69, 9.17) is 0 Å². The van der Waals surface area contributed by atoms with Crippen LogP contribution in [-0.4, -0.2) is 41.9 Å². The lowest BCUT2D eigenvalue weighted by Crippen LogP contribution is -2.43. The van der Waals surface area contributed by atoms with E-state index in [9.17, 15) is 43.2 Å². The third-order valence-corrected chi connectivity index (χ3v) is 7.09. The molecule has 1 rings (SSSR count). The van der Waals surface area contributed by atoms with Crippen molar-refractivity contribution in [2.75, 3.05) is 7.05 Å². The van der Waals surface area contributed by atoms with Crippen molar-refractivity contribution in [3.8, 4) is 0 Å². The first-order valence-corrected chi connectivity index (χ1v) is 11.3. The second-order valence-electron chi connectivity index (χ2n) is 6.37. The molecule has 1 aliphatic rings. The highest BCUT2D eigenvalue weighted by atomic mass is 32.3. The molecule has 176 valence electrons. The molecule has 1 atom stereocenters. The number of hydrogen-bond donors (Lipinski definition) is 2. The average Bonchev–Trinajstić information content (AvgIpc) is 2.56. The molecule has 0 aromatic rings. The standard InChI is InChI=1S/C16H19F6N3O4S2/c1-10-5-4-6-12(8-7-11(10)2)30(26,27)25-31(28,29)24-14(16(20,21)22)9-13(23-3)15(17,18)19/h4,6-10,24-25H,5H2,1-3H3/b6-4?,11-7-,12-8?,14-9-,23-13?. The quantitative estimate of drug-likeness (QED) is 0.436. The second kappa shape index (κ2) is 9.56. The Hall–Kier alpha value is -2.13. The van der Waals surface area contributed by atoms with Crippen molar-refractivity contribution >= 4 is 25.9 Å². The predicted molar refractivity (Wildman–Crippen MR) is 102 cm³/mol. The number of nitrogens with one attached hydrogen (secondary N) is 2. The van der Waals surface area contributed by atoms with Crippen LogP contribution in [0.15, 0.2) is 51.5 Å². The molecule has 15 heteroatoms. The highest BCUT2D eigenvalue weighted by Crippen LogP contribution is 2.27. The molecule has 0 radical (unpaired) electrons. The van der Waals surface area contributed by atoms with Crippen molar-refractivity contribution in [2.45, 2.75) is 32.6 Å². The predicted octanol–water partition coefficient (Wildman–Crippen LogP) is 3.25. The molecule has 7 nitrogen and oxygen atoms in total. The van der Waals surface area contributed by atoms with Crippen molar-refractivity contribution in [1.82, 2.24) is 8.85 Å². The van der Waals surface area contributed by atoms with Gasteiger partial charge in [-0.25, -0.2) is 8.42 Å². The maximum Gasteiger partial charge on any atom is 0.432 e. The normalized spacial score (nSPS) is 21.6. The van der Waals surface area contributed by atoms with Crippen LogP contribution < -0.4 is 8.85 Å². The number of allylic oxidation sites excluding steroid dienone is 7. The van der Waals surface area contributed by atoms with Gasteiger partial charge in [0.2, 0.25) is 0 Å². The Morgan fingerprint density at radius 1 is 1.10 bits per heavy atom. The maximum atomic E-state index is 13.1. The van der Waals surface area contributed by atoms with E-state index < -0.39 is 55.0 Å². The minimum Gasteiger partial charge on any atom is -0.284 e. The molecule has 0 spiro atoms. The summed E-state index contributed by atoms with van der Waals surface area (Å²) in [5, 5.41) is 0. The minimum absolute atomic E-state index is 0.0673. The second-order valence-corrected chi connectivity index (χ2v) is 9.73. The lowest BCUT2D eigenvalue weighted by Gasteiger charge is -2.17. The van der Waals surface area contributed by atoms with Gasteiger partial charge < -0.3 is 0 Å². The lowest BCUT2D eigenvalue weighted by atomic mass is 9.97. The molecular weight excluding hydrogens is 476 g/mol. The van der Waals surface area contributed by atoms with Crippen molar-refractivity contribution in [2.24, 2.45) is 10.9 Å². The first-order valence-electron chi connectivity index (χ1n) is 8.33. The number of halogens is 6. The van der Waals surface area contributed by atoms with Gasteiger partial charge in [0.1, 0.15) is 11.4 Å². The Kier molecular flexibility index (Phi) is 8.30. The van der Waals surface area contributed by atoms with Crippen molar-refractivity contribution in [3.63, 3.8) is 0 Å². The molecule has 0 saturated heterocycles. The van der Waals surface area contributed by atoms with Gasteiger partial charge in [0, 0.05) is 7.05 Å². The zero-order valence-corrected chi connectivity index (χ0v) is 18.0. The van der Waals surface area contributed by atoms with E-state index in [2.05, 4.69) is 4.99 Å². The van der Waals surface area contributed by atoms with E-state index in [1.807, 2.05) is 6.92 Å². The molecule has 0 heterocycles. The summed E-state index contributed by atoms with van der Waals surface area (Å²) in [5.41, 5.74) is -3.66. The molecule has 1 unspecified atom stereocenters. The molecule has 2 N–H and O–H groups in total. The number of nitrogens with zero attached hydrogens (tertiary/aromatic N) is 1. The Morgan fingerprint density at radius 2 is 1.68 bits per heavy atom. The fraction of sp³-hybridized carbons (Fsp3) is 0.438. The van der Waals surface area contributed by atoms with Gasteiger partial charge in [0.15, 0.2) is 0 Å². The third-order valence-electron chi connectivity index (χ3n) is 3.95. The monoisotopic (exact) mass is 495 g/mol. The number of rotatable bonds is 6. The van der Waals surface area contributed by atoms with Crippen LogP contribution in [0.25, 0.3) is 0 Å². The number of hydrogen-bond acceptors (Lipinski definition) is 5. The molecule has 0 aliphatic heterocycles. The van der Waals surface area contributed by atoms with Gasteiger partial charge in [-0.3, -0.25) is 9.71 Å². The van der Waals surface area contributed by atoms with Gasteiger partial charge >= 0.3 is 22.6 Å². The van der Waals surface area contributed by atoms with Gasteiger partial charge in [0.25, 0.3) is 10.0 Å². The van der Waals surface area contributed by atoms with Crippen LogP contribution in [0.5, 0.6) is 0 Å². The van der Waals surface area contributed by atoms with Crippen LogP contribution in [-0.2, 0) is 20.2 Å². The first-order chi connectivity index (χ1) is 13.9. The molecule has 0 amide bonds. The smallest absolute Gasteiger partial charge is 0.284 e. The summed E-state index contributed by atoms with van der Waals surface area (Å²) in [6.07, 6.45) is -6.15. The van der Waals surface area contributed by atoms with Gasteiger partial charge in [-0.1, -0.05) is 28.8 Å². The summed E-state index contributed by atoms with van der Waals surface area (Å²) in [6.45, 7) is 3.56. The fourth-order valence-electron chi connectivity index (χ4n) is 2.12. The number of aliphatic imine (C=N–C) groups is 1. The molecule has 0 aromatic carbocycles. The maximum absolute atomic E-state index is 13.1. The molecule has 0 saturated carbocycles. The number of sulfonamides is 1. The van der Waals surface area contributed by atoms with Gasteiger partial charge in [-0.2, -0.15) is 34.8 Å². The summed E-state index contributed by atoms with van der Waals surface area (Å²) < 4.78 is 128. The third kappa shape index (κ3) is 8.14. The number of alkyl halides is 6. The Morgan fingerprint density at radius 3 is 2.16 bits per heavy atom. The van der Waals surface area contributed by atoms with Crippen LogP contribution >= 0.6 is 0 Å². The zero-order valence-electron chi connectivity index (χ0n) is 16.3. The largest absolute Gasteiger partial charge is 0.432 e. The summed E-state index contributed by atoms with van der Waals surface area (Å²) in [6, 6.07) is 0. The van der Waals surface area contributed by atoms with E-state index in [1.165, 1.54) is 12.2 Å². The molecule has 0 fully saturated rings. The SMILES string of the molecule is CN=C(/C=C(\NS(=O)(=O)NS(=O)(=O)C1=C/C=C(/C)C(C)CC=C1)C(F)(F)F)C(F)(F)F.